The van der Waals surface area contributed by atoms with E-state index in [1.807, 2.05) is 0 Å². The number of nitrogens with zero attached hydrogens (tertiary/aromatic N) is 2. The van der Waals surface area contributed by atoms with Crippen LogP contribution in [0.1, 0.15) is 6.42 Å². The molecule has 2 bridgehead atoms. The van der Waals surface area contributed by atoms with Crippen LogP contribution in [0, 0.1) is 5.92 Å². The molecule has 0 N–H and O–H groups in total. The Balaban J connectivity index is 1.75. The summed E-state index contributed by atoms with van der Waals surface area (Å²) < 4.78 is 5.66. The minimum atomic E-state index is 0.543. The minimum Gasteiger partial charge on any atom is -0.377 e. The molecule has 0 aromatic carbocycles. The first kappa shape index (κ1) is 9.44. The number of hydrogen-bond acceptors (Lipinski definition) is 3. The summed E-state index contributed by atoms with van der Waals surface area (Å²) in [6, 6.07) is 0. The van der Waals surface area contributed by atoms with Gasteiger partial charge in [-0.05, 0) is 26.4 Å². The van der Waals surface area contributed by atoms with E-state index in [1.54, 1.807) is 0 Å². The van der Waals surface area contributed by atoms with E-state index in [0.29, 0.717) is 6.10 Å². The second kappa shape index (κ2) is 3.95. The molecule has 0 radical (unpaired) electrons. The maximum absolute atomic E-state index is 5.66. The van der Waals surface area contributed by atoms with Crippen LogP contribution in [0.2, 0.25) is 0 Å². The molecule has 0 amide bonds. The normalized spacial score (nSPS) is 34.4. The lowest BCUT2D eigenvalue weighted by atomic mass is 10.0. The molecule has 2 unspecified atom stereocenters. The molecule has 2 fully saturated rings. The molecular formula is C10H20N2O. The Hall–Kier alpha value is -0.120. The van der Waals surface area contributed by atoms with Gasteiger partial charge in [-0.25, -0.2) is 0 Å². The van der Waals surface area contributed by atoms with Crippen molar-refractivity contribution >= 4 is 0 Å². The van der Waals surface area contributed by atoms with Crippen molar-refractivity contribution in [3.05, 3.63) is 0 Å². The molecule has 13 heavy (non-hydrogen) atoms. The van der Waals surface area contributed by atoms with Gasteiger partial charge in [-0.2, -0.15) is 0 Å². The van der Waals surface area contributed by atoms with E-state index in [1.165, 1.54) is 26.1 Å². The highest BCUT2D eigenvalue weighted by Crippen LogP contribution is 2.26. The van der Waals surface area contributed by atoms with E-state index in [9.17, 15) is 0 Å². The van der Waals surface area contributed by atoms with Crippen LogP contribution < -0.4 is 0 Å². The maximum atomic E-state index is 5.66. The molecule has 2 saturated heterocycles. The van der Waals surface area contributed by atoms with Crippen LogP contribution in [-0.2, 0) is 4.74 Å². The van der Waals surface area contributed by atoms with Gasteiger partial charge in [0.05, 0.1) is 12.7 Å². The zero-order chi connectivity index (χ0) is 9.26. The first-order valence-electron chi connectivity index (χ1n) is 5.22. The van der Waals surface area contributed by atoms with Gasteiger partial charge >= 0.3 is 0 Å². The van der Waals surface area contributed by atoms with Gasteiger partial charge in [-0.15, -0.1) is 0 Å². The van der Waals surface area contributed by atoms with Gasteiger partial charge in [-0.1, -0.05) is 0 Å². The predicted molar refractivity (Wildman–Crippen MR) is 52.8 cm³/mol. The van der Waals surface area contributed by atoms with Crippen LogP contribution in [0.3, 0.4) is 0 Å². The molecule has 2 aliphatic heterocycles. The van der Waals surface area contributed by atoms with Crippen LogP contribution in [0.4, 0.5) is 0 Å². The minimum absolute atomic E-state index is 0.543. The topological polar surface area (TPSA) is 15.7 Å². The standard InChI is InChI=1S/C10H20N2O/c1-11(2)3-4-12-6-9-5-10(7-12)13-8-9/h9-10H,3-8H2,1-2H3. The molecule has 0 aromatic rings. The van der Waals surface area contributed by atoms with Crippen LogP contribution in [0.5, 0.6) is 0 Å². The Morgan fingerprint density at radius 2 is 2.23 bits per heavy atom. The molecule has 76 valence electrons. The second-order valence-electron chi connectivity index (χ2n) is 4.62. The molecule has 0 aliphatic carbocycles. The molecule has 0 saturated carbocycles. The summed E-state index contributed by atoms with van der Waals surface area (Å²) >= 11 is 0. The molecule has 2 rings (SSSR count). The highest BCUT2D eigenvalue weighted by atomic mass is 16.5. The van der Waals surface area contributed by atoms with Crippen LogP contribution in [-0.4, -0.2) is 62.8 Å². The van der Waals surface area contributed by atoms with Crippen molar-refractivity contribution in [2.45, 2.75) is 12.5 Å². The van der Waals surface area contributed by atoms with Gasteiger partial charge in [0.2, 0.25) is 0 Å². The number of piperidine rings is 1. The highest BCUT2D eigenvalue weighted by Gasteiger charge is 2.33. The van der Waals surface area contributed by atoms with Gasteiger partial charge < -0.3 is 9.64 Å². The van der Waals surface area contributed by atoms with Gasteiger partial charge in [0.25, 0.3) is 0 Å². The number of fused-ring (bicyclic) bond motifs is 2. The third-order valence-electron chi connectivity index (χ3n) is 3.01. The van der Waals surface area contributed by atoms with E-state index in [4.69, 9.17) is 4.74 Å². The molecule has 0 aromatic heterocycles. The van der Waals surface area contributed by atoms with Crippen LogP contribution >= 0.6 is 0 Å². The summed E-state index contributed by atoms with van der Waals surface area (Å²) in [5.74, 6) is 0.820. The smallest absolute Gasteiger partial charge is 0.0706 e. The van der Waals surface area contributed by atoms with Crippen LogP contribution in [0.15, 0.2) is 0 Å². The summed E-state index contributed by atoms with van der Waals surface area (Å²) in [5, 5.41) is 0. The van der Waals surface area contributed by atoms with E-state index in [0.717, 1.165) is 19.1 Å². The van der Waals surface area contributed by atoms with E-state index < -0.39 is 0 Å². The van der Waals surface area contributed by atoms with Gasteiger partial charge in [-0.3, -0.25) is 4.90 Å². The number of ether oxygens (including phenoxy) is 1. The lowest BCUT2D eigenvalue weighted by molar-refractivity contribution is 0.0819. The number of rotatable bonds is 3. The summed E-state index contributed by atoms with van der Waals surface area (Å²) in [4.78, 5) is 4.79. The average Bonchev–Trinajstić information content (AvgIpc) is 2.42. The fourth-order valence-electron chi connectivity index (χ4n) is 2.29. The largest absolute Gasteiger partial charge is 0.377 e. The fourth-order valence-corrected chi connectivity index (χ4v) is 2.29. The third kappa shape index (κ3) is 2.42. The number of hydrogen-bond donors (Lipinski definition) is 0. The van der Waals surface area contributed by atoms with Crippen molar-refractivity contribution in [2.24, 2.45) is 5.92 Å². The fraction of sp³-hybridized carbons (Fsp3) is 1.00. The van der Waals surface area contributed by atoms with E-state index in [-0.39, 0.29) is 0 Å². The lowest BCUT2D eigenvalue weighted by Crippen LogP contribution is -2.42. The van der Waals surface area contributed by atoms with Gasteiger partial charge in [0.1, 0.15) is 0 Å². The molecule has 2 aliphatic rings. The average molecular weight is 184 g/mol. The van der Waals surface area contributed by atoms with Crippen molar-refractivity contribution in [2.75, 3.05) is 46.9 Å². The number of likely N-dealkylation sites (N-methyl/N-ethyl adjacent to an activating group) is 1. The molecule has 0 spiro atoms. The number of likely N-dealkylation sites (tertiary alicyclic amines) is 1. The Kier molecular flexibility index (Phi) is 2.86. The molecular weight excluding hydrogens is 164 g/mol. The van der Waals surface area contributed by atoms with E-state index in [2.05, 4.69) is 23.9 Å². The van der Waals surface area contributed by atoms with Crippen LogP contribution in [0.25, 0.3) is 0 Å². The van der Waals surface area contributed by atoms with Crippen molar-refractivity contribution in [3.63, 3.8) is 0 Å². The SMILES string of the molecule is CN(C)CCN1CC2COC(C2)C1. The molecule has 3 nitrogen and oxygen atoms in total. The summed E-state index contributed by atoms with van der Waals surface area (Å²) in [6.07, 6.45) is 1.85. The van der Waals surface area contributed by atoms with Crippen molar-refractivity contribution in [1.29, 1.82) is 0 Å². The summed E-state index contributed by atoms with van der Waals surface area (Å²) in [7, 11) is 4.27. The Labute approximate surface area is 80.6 Å². The molecule has 2 heterocycles. The Morgan fingerprint density at radius 1 is 1.38 bits per heavy atom. The summed E-state index contributed by atoms with van der Waals surface area (Å²) in [6.45, 7) is 5.78. The summed E-state index contributed by atoms with van der Waals surface area (Å²) in [5.41, 5.74) is 0. The Morgan fingerprint density at radius 3 is 2.92 bits per heavy atom. The maximum Gasteiger partial charge on any atom is 0.0706 e. The van der Waals surface area contributed by atoms with Gasteiger partial charge in [0.15, 0.2) is 0 Å². The van der Waals surface area contributed by atoms with E-state index >= 15 is 0 Å². The zero-order valence-corrected chi connectivity index (χ0v) is 8.70. The van der Waals surface area contributed by atoms with Crippen molar-refractivity contribution < 1.29 is 4.74 Å². The second-order valence-corrected chi connectivity index (χ2v) is 4.62. The monoisotopic (exact) mass is 184 g/mol. The Bertz CT molecular complexity index is 160. The van der Waals surface area contributed by atoms with Crippen molar-refractivity contribution in [1.82, 2.24) is 9.80 Å². The molecule has 2 atom stereocenters. The molecule has 3 heteroatoms. The lowest BCUT2D eigenvalue weighted by Gasteiger charge is -2.30. The quantitative estimate of drug-likeness (QED) is 0.626. The predicted octanol–water partition coefficient (Wildman–Crippen LogP) is 0.269. The zero-order valence-electron chi connectivity index (χ0n) is 8.70. The third-order valence-corrected chi connectivity index (χ3v) is 3.01. The van der Waals surface area contributed by atoms with Gasteiger partial charge in [0, 0.05) is 26.2 Å². The highest BCUT2D eigenvalue weighted by molar-refractivity contribution is 4.84. The first-order valence-corrected chi connectivity index (χ1v) is 5.22. The first-order chi connectivity index (χ1) is 6.24. The van der Waals surface area contributed by atoms with Crippen molar-refractivity contribution in [3.8, 4) is 0 Å².